The van der Waals surface area contributed by atoms with E-state index in [-0.39, 0.29) is 0 Å². The molecule has 5 heteroatoms. The zero-order chi connectivity index (χ0) is 12.8. The first-order valence-electron chi connectivity index (χ1n) is 6.41. The highest BCUT2D eigenvalue weighted by Gasteiger charge is 2.00. The van der Waals surface area contributed by atoms with E-state index < -0.39 is 0 Å². The van der Waals surface area contributed by atoms with E-state index in [1.807, 2.05) is 18.9 Å². The summed E-state index contributed by atoms with van der Waals surface area (Å²) in [6.07, 6.45) is 9.60. The van der Waals surface area contributed by atoms with Gasteiger partial charge in [0.1, 0.15) is 0 Å². The van der Waals surface area contributed by atoms with Crippen molar-refractivity contribution in [3.63, 3.8) is 0 Å². The molecule has 0 aliphatic heterocycles. The van der Waals surface area contributed by atoms with Gasteiger partial charge >= 0.3 is 0 Å². The number of rotatable bonds is 7. The van der Waals surface area contributed by atoms with Crippen molar-refractivity contribution in [1.82, 2.24) is 24.4 Å². The molecule has 98 valence electrons. The predicted molar refractivity (Wildman–Crippen MR) is 71.0 cm³/mol. The molecule has 0 aromatic carbocycles. The zero-order valence-electron chi connectivity index (χ0n) is 11.1. The smallest absolute Gasteiger partial charge is 0.0950 e. The van der Waals surface area contributed by atoms with E-state index in [9.17, 15) is 0 Å². The highest BCUT2D eigenvalue weighted by molar-refractivity contribution is 4.96. The van der Waals surface area contributed by atoms with Crippen LogP contribution in [0.2, 0.25) is 0 Å². The van der Waals surface area contributed by atoms with Gasteiger partial charge in [0, 0.05) is 38.2 Å². The summed E-state index contributed by atoms with van der Waals surface area (Å²) in [6.45, 7) is 8.13. The SMILES string of the molecule is CC(C)CNCc1cn(CCn2ccnc2)cn1. The van der Waals surface area contributed by atoms with Crippen LogP contribution < -0.4 is 5.32 Å². The van der Waals surface area contributed by atoms with E-state index in [0.717, 1.165) is 31.9 Å². The van der Waals surface area contributed by atoms with Crippen molar-refractivity contribution in [3.05, 3.63) is 36.9 Å². The maximum absolute atomic E-state index is 4.39. The molecule has 5 nitrogen and oxygen atoms in total. The number of aromatic nitrogens is 4. The summed E-state index contributed by atoms with van der Waals surface area (Å²) in [4.78, 5) is 8.41. The van der Waals surface area contributed by atoms with Crippen LogP contribution in [0.1, 0.15) is 19.5 Å². The van der Waals surface area contributed by atoms with Gasteiger partial charge in [0.15, 0.2) is 0 Å². The number of hydrogen-bond donors (Lipinski definition) is 1. The van der Waals surface area contributed by atoms with E-state index in [2.05, 4.69) is 44.5 Å². The summed E-state index contributed by atoms with van der Waals surface area (Å²) in [6, 6.07) is 0. The van der Waals surface area contributed by atoms with E-state index >= 15 is 0 Å². The lowest BCUT2D eigenvalue weighted by atomic mass is 10.2. The number of hydrogen-bond acceptors (Lipinski definition) is 3. The topological polar surface area (TPSA) is 47.7 Å². The standard InChI is InChI=1S/C13H21N5/c1-12(2)7-15-8-13-9-18(11-16-13)6-5-17-4-3-14-10-17/h3-4,9-12,15H,5-8H2,1-2H3. The number of nitrogens with zero attached hydrogens (tertiary/aromatic N) is 4. The van der Waals surface area contributed by atoms with Crippen molar-refractivity contribution in [2.45, 2.75) is 33.5 Å². The Bertz CT molecular complexity index is 444. The van der Waals surface area contributed by atoms with Crippen LogP contribution in [0, 0.1) is 5.92 Å². The molecule has 2 aromatic rings. The lowest BCUT2D eigenvalue weighted by Gasteiger charge is -2.05. The van der Waals surface area contributed by atoms with Crippen molar-refractivity contribution in [1.29, 1.82) is 0 Å². The first-order valence-corrected chi connectivity index (χ1v) is 6.41. The lowest BCUT2D eigenvalue weighted by Crippen LogP contribution is -2.19. The summed E-state index contributed by atoms with van der Waals surface area (Å²) < 4.78 is 4.18. The van der Waals surface area contributed by atoms with Crippen LogP contribution in [-0.4, -0.2) is 25.6 Å². The minimum absolute atomic E-state index is 0.674. The fourth-order valence-corrected chi connectivity index (χ4v) is 1.76. The predicted octanol–water partition coefficient (Wildman–Crippen LogP) is 1.53. The summed E-state index contributed by atoms with van der Waals surface area (Å²) in [7, 11) is 0. The summed E-state index contributed by atoms with van der Waals surface area (Å²) in [5.74, 6) is 0.674. The van der Waals surface area contributed by atoms with Gasteiger partial charge in [-0.3, -0.25) is 0 Å². The van der Waals surface area contributed by atoms with Crippen molar-refractivity contribution in [2.75, 3.05) is 6.54 Å². The molecule has 18 heavy (non-hydrogen) atoms. The molecular weight excluding hydrogens is 226 g/mol. The van der Waals surface area contributed by atoms with E-state index in [0.29, 0.717) is 5.92 Å². The maximum Gasteiger partial charge on any atom is 0.0950 e. The van der Waals surface area contributed by atoms with Crippen molar-refractivity contribution >= 4 is 0 Å². The molecule has 0 atom stereocenters. The third-order valence-corrected chi connectivity index (χ3v) is 2.72. The van der Waals surface area contributed by atoms with Crippen molar-refractivity contribution in [2.24, 2.45) is 5.92 Å². The molecule has 0 amide bonds. The van der Waals surface area contributed by atoms with Gasteiger partial charge in [0.2, 0.25) is 0 Å². The first kappa shape index (κ1) is 12.8. The second kappa shape index (κ2) is 6.35. The summed E-state index contributed by atoms with van der Waals surface area (Å²) in [5.41, 5.74) is 1.10. The molecule has 0 aliphatic carbocycles. The first-order chi connectivity index (χ1) is 8.74. The van der Waals surface area contributed by atoms with E-state index in [1.54, 1.807) is 6.20 Å². The van der Waals surface area contributed by atoms with Gasteiger partial charge in [0.25, 0.3) is 0 Å². The number of nitrogens with one attached hydrogen (secondary N) is 1. The quantitative estimate of drug-likeness (QED) is 0.807. The van der Waals surface area contributed by atoms with Gasteiger partial charge in [-0.25, -0.2) is 9.97 Å². The average Bonchev–Trinajstić information content (AvgIpc) is 2.96. The molecule has 0 saturated carbocycles. The van der Waals surface area contributed by atoms with Crippen LogP contribution in [0.5, 0.6) is 0 Å². The Morgan fingerprint density at radius 2 is 2.06 bits per heavy atom. The Morgan fingerprint density at radius 1 is 1.22 bits per heavy atom. The summed E-state index contributed by atoms with van der Waals surface area (Å²) in [5, 5.41) is 3.39. The van der Waals surface area contributed by atoms with Gasteiger partial charge in [-0.1, -0.05) is 13.8 Å². The number of aryl methyl sites for hydroxylation is 2. The minimum Gasteiger partial charge on any atom is -0.336 e. The molecule has 2 rings (SSSR count). The lowest BCUT2D eigenvalue weighted by molar-refractivity contribution is 0.547. The van der Waals surface area contributed by atoms with Crippen LogP contribution in [0.15, 0.2) is 31.2 Å². The molecule has 0 spiro atoms. The van der Waals surface area contributed by atoms with Crippen molar-refractivity contribution < 1.29 is 0 Å². The Kier molecular flexibility index (Phi) is 4.52. The Morgan fingerprint density at radius 3 is 2.78 bits per heavy atom. The summed E-state index contributed by atoms with van der Waals surface area (Å²) >= 11 is 0. The second-order valence-electron chi connectivity index (χ2n) is 4.93. The van der Waals surface area contributed by atoms with E-state index in [4.69, 9.17) is 0 Å². The molecule has 0 saturated heterocycles. The fourth-order valence-electron chi connectivity index (χ4n) is 1.76. The Labute approximate surface area is 108 Å². The molecule has 2 heterocycles. The minimum atomic E-state index is 0.674. The second-order valence-corrected chi connectivity index (χ2v) is 4.93. The molecule has 0 unspecified atom stereocenters. The van der Waals surface area contributed by atoms with Gasteiger partial charge in [-0.15, -0.1) is 0 Å². The molecule has 0 radical (unpaired) electrons. The van der Waals surface area contributed by atoms with Crippen LogP contribution in [-0.2, 0) is 19.6 Å². The molecule has 0 bridgehead atoms. The molecule has 0 aliphatic rings. The highest BCUT2D eigenvalue weighted by atomic mass is 15.1. The molecular formula is C13H21N5. The number of imidazole rings is 2. The Balaban J connectivity index is 1.75. The molecule has 2 aromatic heterocycles. The fraction of sp³-hybridized carbons (Fsp3) is 0.538. The third kappa shape index (κ3) is 4.00. The van der Waals surface area contributed by atoms with E-state index in [1.165, 1.54) is 0 Å². The van der Waals surface area contributed by atoms with Crippen LogP contribution in [0.4, 0.5) is 0 Å². The third-order valence-electron chi connectivity index (χ3n) is 2.72. The maximum atomic E-state index is 4.39. The molecule has 0 fully saturated rings. The Hall–Kier alpha value is -1.62. The van der Waals surface area contributed by atoms with Gasteiger partial charge in [-0.2, -0.15) is 0 Å². The van der Waals surface area contributed by atoms with Crippen molar-refractivity contribution in [3.8, 4) is 0 Å². The monoisotopic (exact) mass is 247 g/mol. The average molecular weight is 247 g/mol. The van der Waals surface area contributed by atoms with Crippen LogP contribution in [0.25, 0.3) is 0 Å². The van der Waals surface area contributed by atoms with Gasteiger partial charge < -0.3 is 14.5 Å². The highest BCUT2D eigenvalue weighted by Crippen LogP contribution is 1.98. The largest absolute Gasteiger partial charge is 0.336 e. The van der Waals surface area contributed by atoms with Gasteiger partial charge in [-0.05, 0) is 12.5 Å². The van der Waals surface area contributed by atoms with Crippen LogP contribution in [0.3, 0.4) is 0 Å². The van der Waals surface area contributed by atoms with Gasteiger partial charge in [0.05, 0.1) is 18.3 Å². The zero-order valence-corrected chi connectivity index (χ0v) is 11.1. The van der Waals surface area contributed by atoms with Crippen LogP contribution >= 0.6 is 0 Å². The molecule has 1 N–H and O–H groups in total. The normalized spacial score (nSPS) is 11.3.